The molecule has 0 radical (unpaired) electrons. The Labute approximate surface area is 117 Å². The Balaban J connectivity index is 2.61. The SMILES string of the molecule is COc1cc2c(cc1OC)C(OC(C)C)=CC(=O)C2=O. The fourth-order valence-corrected chi connectivity index (χ4v) is 2.02. The minimum absolute atomic E-state index is 0.108. The predicted molar refractivity (Wildman–Crippen MR) is 73.1 cm³/mol. The van der Waals surface area contributed by atoms with Crippen molar-refractivity contribution in [1.82, 2.24) is 0 Å². The molecule has 0 bridgehead atoms. The smallest absolute Gasteiger partial charge is 0.233 e. The van der Waals surface area contributed by atoms with Gasteiger partial charge in [0, 0.05) is 17.2 Å². The first-order valence-corrected chi connectivity index (χ1v) is 6.21. The molecule has 0 spiro atoms. The van der Waals surface area contributed by atoms with Crippen molar-refractivity contribution in [1.29, 1.82) is 0 Å². The van der Waals surface area contributed by atoms with Crippen LogP contribution in [0.5, 0.6) is 11.5 Å². The lowest BCUT2D eigenvalue weighted by molar-refractivity contribution is -0.111. The Morgan fingerprint density at radius 3 is 2.00 bits per heavy atom. The lowest BCUT2D eigenvalue weighted by Gasteiger charge is -2.21. The molecule has 1 aromatic carbocycles. The summed E-state index contributed by atoms with van der Waals surface area (Å²) < 4.78 is 16.0. The summed E-state index contributed by atoms with van der Waals surface area (Å²) in [7, 11) is 2.98. The number of allylic oxidation sites excluding steroid dienone is 1. The highest BCUT2D eigenvalue weighted by Gasteiger charge is 2.29. The normalized spacial score (nSPS) is 13.9. The van der Waals surface area contributed by atoms with E-state index in [1.54, 1.807) is 6.07 Å². The van der Waals surface area contributed by atoms with Crippen molar-refractivity contribution in [2.24, 2.45) is 0 Å². The van der Waals surface area contributed by atoms with Crippen molar-refractivity contribution in [3.8, 4) is 11.5 Å². The molecular formula is C15H16O5. The summed E-state index contributed by atoms with van der Waals surface area (Å²) in [4.78, 5) is 23.7. The monoisotopic (exact) mass is 276 g/mol. The number of ether oxygens (including phenoxy) is 3. The fourth-order valence-electron chi connectivity index (χ4n) is 2.02. The molecule has 0 heterocycles. The number of ketones is 2. The summed E-state index contributed by atoms with van der Waals surface area (Å²) in [5, 5.41) is 0. The third-order valence-electron chi connectivity index (χ3n) is 2.88. The fraction of sp³-hybridized carbons (Fsp3) is 0.333. The summed E-state index contributed by atoms with van der Waals surface area (Å²) in [6.07, 6.45) is 1.11. The van der Waals surface area contributed by atoms with Gasteiger partial charge in [-0.2, -0.15) is 0 Å². The van der Waals surface area contributed by atoms with Crippen LogP contribution < -0.4 is 9.47 Å². The molecule has 5 nitrogen and oxygen atoms in total. The molecule has 1 aliphatic rings. The zero-order chi connectivity index (χ0) is 14.9. The van der Waals surface area contributed by atoms with Crippen LogP contribution in [0.15, 0.2) is 18.2 Å². The van der Waals surface area contributed by atoms with Gasteiger partial charge >= 0.3 is 0 Å². The van der Waals surface area contributed by atoms with Crippen molar-refractivity contribution in [3.63, 3.8) is 0 Å². The third kappa shape index (κ3) is 2.39. The van der Waals surface area contributed by atoms with Gasteiger partial charge in [-0.05, 0) is 26.0 Å². The number of hydrogen-bond acceptors (Lipinski definition) is 5. The molecule has 5 heteroatoms. The molecule has 106 valence electrons. The van der Waals surface area contributed by atoms with Gasteiger partial charge in [0.2, 0.25) is 11.6 Å². The van der Waals surface area contributed by atoms with Gasteiger partial charge in [0.15, 0.2) is 11.5 Å². The number of benzene rings is 1. The number of carbonyl (C=O) groups is 2. The van der Waals surface area contributed by atoms with E-state index >= 15 is 0 Å². The van der Waals surface area contributed by atoms with Crippen LogP contribution in [0, 0.1) is 0 Å². The van der Waals surface area contributed by atoms with Crippen molar-refractivity contribution in [3.05, 3.63) is 29.3 Å². The number of methoxy groups -OCH3 is 2. The van der Waals surface area contributed by atoms with E-state index < -0.39 is 11.6 Å². The van der Waals surface area contributed by atoms with Crippen LogP contribution in [0.4, 0.5) is 0 Å². The topological polar surface area (TPSA) is 61.8 Å². The molecule has 1 aliphatic carbocycles. The molecule has 0 saturated heterocycles. The van der Waals surface area contributed by atoms with Gasteiger partial charge in [-0.1, -0.05) is 0 Å². The number of rotatable bonds is 4. The van der Waals surface area contributed by atoms with Gasteiger partial charge in [-0.3, -0.25) is 9.59 Å². The minimum atomic E-state index is -0.597. The summed E-state index contributed by atoms with van der Waals surface area (Å²) in [5.41, 5.74) is 0.812. The lowest BCUT2D eigenvalue weighted by atomic mass is 9.93. The first kappa shape index (κ1) is 14.1. The molecule has 0 fully saturated rings. The molecule has 1 aromatic rings. The third-order valence-corrected chi connectivity index (χ3v) is 2.88. The quantitative estimate of drug-likeness (QED) is 0.789. The van der Waals surface area contributed by atoms with E-state index in [4.69, 9.17) is 14.2 Å². The van der Waals surface area contributed by atoms with Gasteiger partial charge < -0.3 is 14.2 Å². The van der Waals surface area contributed by atoms with Crippen LogP contribution in [0.25, 0.3) is 5.76 Å². The van der Waals surface area contributed by atoms with E-state index in [1.165, 1.54) is 26.4 Å². The van der Waals surface area contributed by atoms with Crippen molar-refractivity contribution < 1.29 is 23.8 Å². The lowest BCUT2D eigenvalue weighted by Crippen LogP contribution is -2.21. The van der Waals surface area contributed by atoms with Gasteiger partial charge in [-0.25, -0.2) is 0 Å². The maximum absolute atomic E-state index is 12.0. The van der Waals surface area contributed by atoms with Crippen molar-refractivity contribution >= 4 is 17.3 Å². The summed E-state index contributed by atoms with van der Waals surface area (Å²) >= 11 is 0. The number of hydrogen-bond donors (Lipinski definition) is 0. The van der Waals surface area contributed by atoms with E-state index in [1.807, 2.05) is 13.8 Å². The summed E-state index contributed by atoms with van der Waals surface area (Å²) in [6, 6.07) is 3.15. The molecule has 0 unspecified atom stereocenters. The van der Waals surface area contributed by atoms with Gasteiger partial charge in [0.25, 0.3) is 0 Å². The maximum Gasteiger partial charge on any atom is 0.233 e. The standard InChI is InChI=1S/C15H16O5/c1-8(2)20-12-7-11(16)15(17)10-6-14(19-4)13(18-3)5-9(10)12/h5-8H,1-4H3. The van der Waals surface area contributed by atoms with E-state index in [0.717, 1.165) is 0 Å². The molecule has 0 aromatic heterocycles. The van der Waals surface area contributed by atoms with Gasteiger partial charge in [-0.15, -0.1) is 0 Å². The zero-order valence-corrected chi connectivity index (χ0v) is 11.9. The van der Waals surface area contributed by atoms with Crippen LogP contribution in [0.1, 0.15) is 29.8 Å². The Morgan fingerprint density at radius 1 is 0.950 bits per heavy atom. The minimum Gasteiger partial charge on any atom is -0.493 e. The second kappa shape index (κ2) is 5.36. The molecule has 0 amide bonds. The van der Waals surface area contributed by atoms with E-state index in [2.05, 4.69) is 0 Å². The van der Waals surface area contributed by atoms with E-state index in [0.29, 0.717) is 22.8 Å². The number of carbonyl (C=O) groups excluding carboxylic acids is 2. The zero-order valence-electron chi connectivity index (χ0n) is 11.9. The predicted octanol–water partition coefficient (Wildman–Crippen LogP) is 2.24. The van der Waals surface area contributed by atoms with Crippen molar-refractivity contribution in [2.45, 2.75) is 20.0 Å². The van der Waals surface area contributed by atoms with Crippen LogP contribution in [-0.4, -0.2) is 31.9 Å². The molecule has 2 rings (SSSR count). The van der Waals surface area contributed by atoms with E-state index in [-0.39, 0.29) is 11.7 Å². The molecule has 0 atom stereocenters. The average Bonchev–Trinajstić information content (AvgIpc) is 2.42. The van der Waals surface area contributed by atoms with Crippen LogP contribution in [-0.2, 0) is 9.53 Å². The summed E-state index contributed by atoms with van der Waals surface area (Å²) in [6.45, 7) is 3.70. The first-order valence-electron chi connectivity index (χ1n) is 6.21. The molecule has 0 aliphatic heterocycles. The first-order chi connectivity index (χ1) is 9.47. The number of Topliss-reactive ketones (excluding diaryl/α,β-unsaturated/α-hetero) is 1. The van der Waals surface area contributed by atoms with Crippen LogP contribution in [0.2, 0.25) is 0 Å². The highest BCUT2D eigenvalue weighted by Crippen LogP contribution is 2.36. The van der Waals surface area contributed by atoms with E-state index in [9.17, 15) is 9.59 Å². The Hall–Kier alpha value is -2.30. The maximum atomic E-state index is 12.0. The van der Waals surface area contributed by atoms with Gasteiger partial charge in [0.1, 0.15) is 5.76 Å². The second-order valence-electron chi connectivity index (χ2n) is 4.62. The second-order valence-corrected chi connectivity index (χ2v) is 4.62. The highest BCUT2D eigenvalue weighted by molar-refractivity contribution is 6.50. The Kier molecular flexibility index (Phi) is 3.79. The Morgan fingerprint density at radius 2 is 1.50 bits per heavy atom. The highest BCUT2D eigenvalue weighted by atomic mass is 16.5. The van der Waals surface area contributed by atoms with Crippen LogP contribution >= 0.6 is 0 Å². The number of fused-ring (bicyclic) bond motifs is 1. The largest absolute Gasteiger partial charge is 0.493 e. The van der Waals surface area contributed by atoms with Gasteiger partial charge in [0.05, 0.1) is 20.3 Å². The molecule has 0 saturated carbocycles. The molecule has 0 N–H and O–H groups in total. The summed E-state index contributed by atoms with van der Waals surface area (Å²) in [5.74, 6) is 0.0860. The van der Waals surface area contributed by atoms with Crippen LogP contribution in [0.3, 0.4) is 0 Å². The van der Waals surface area contributed by atoms with Crippen molar-refractivity contribution in [2.75, 3.05) is 14.2 Å². The Bertz CT molecular complexity index is 599. The molecule has 20 heavy (non-hydrogen) atoms. The average molecular weight is 276 g/mol. The molecular weight excluding hydrogens is 260 g/mol.